The number of amidine groups is 1. The molecule has 0 spiro atoms. The molecular weight excluding hydrogens is 447 g/mol. The third kappa shape index (κ3) is 3.98. The van der Waals surface area contributed by atoms with E-state index in [2.05, 4.69) is 25.3 Å². The first-order valence-electron chi connectivity index (χ1n) is 9.69. The topological polar surface area (TPSA) is 89.1 Å². The highest BCUT2D eigenvalue weighted by Gasteiger charge is 2.15. The molecule has 3 aromatic carbocycles. The molecule has 6 nitrogen and oxygen atoms in total. The van der Waals surface area contributed by atoms with Crippen LogP contribution in [-0.2, 0) is 6.54 Å². The number of hydrogen-bond acceptors (Lipinski definition) is 6. The summed E-state index contributed by atoms with van der Waals surface area (Å²) in [7, 11) is 0. The number of halogens is 2. The van der Waals surface area contributed by atoms with E-state index in [1.165, 1.54) is 29.8 Å². The first kappa shape index (κ1) is 20.3. The van der Waals surface area contributed by atoms with E-state index in [1.807, 2.05) is 42.5 Å². The van der Waals surface area contributed by atoms with Crippen LogP contribution in [0.15, 0.2) is 72.0 Å². The Balaban J connectivity index is 1.55. The lowest BCUT2D eigenvalue weighted by atomic mass is 10.2. The van der Waals surface area contributed by atoms with E-state index in [9.17, 15) is 4.39 Å². The summed E-state index contributed by atoms with van der Waals surface area (Å²) in [6.07, 6.45) is 1.47. The maximum absolute atomic E-state index is 13.5. The fourth-order valence-corrected chi connectivity index (χ4v) is 4.48. The average Bonchev–Trinajstić information content (AvgIpc) is 3.25. The molecule has 5 rings (SSSR count). The maximum atomic E-state index is 13.5. The van der Waals surface area contributed by atoms with Crippen molar-refractivity contribution in [2.75, 3.05) is 5.32 Å². The van der Waals surface area contributed by atoms with Gasteiger partial charge in [-0.25, -0.2) is 19.3 Å². The predicted octanol–water partition coefficient (Wildman–Crippen LogP) is 5.68. The van der Waals surface area contributed by atoms with Crippen molar-refractivity contribution >= 4 is 61.4 Å². The zero-order valence-electron chi connectivity index (χ0n) is 16.6. The summed E-state index contributed by atoms with van der Waals surface area (Å²) in [6.45, 7) is 0.477. The molecule has 0 bridgehead atoms. The van der Waals surface area contributed by atoms with Crippen LogP contribution in [-0.4, -0.2) is 20.8 Å². The van der Waals surface area contributed by atoms with Crippen LogP contribution in [0.2, 0.25) is 5.02 Å². The molecule has 0 unspecified atom stereocenters. The van der Waals surface area contributed by atoms with Crippen LogP contribution >= 0.6 is 22.9 Å². The van der Waals surface area contributed by atoms with Crippen LogP contribution in [0.4, 0.5) is 15.9 Å². The maximum Gasteiger partial charge on any atom is 0.159 e. The Morgan fingerprint density at radius 1 is 1.06 bits per heavy atom. The summed E-state index contributed by atoms with van der Waals surface area (Å²) < 4.78 is 14.4. The van der Waals surface area contributed by atoms with E-state index in [1.54, 1.807) is 6.07 Å². The van der Waals surface area contributed by atoms with Gasteiger partial charge in [-0.2, -0.15) is 0 Å². The molecule has 9 heteroatoms. The minimum Gasteiger partial charge on any atom is -0.381 e. The van der Waals surface area contributed by atoms with Gasteiger partial charge < -0.3 is 11.1 Å². The van der Waals surface area contributed by atoms with Gasteiger partial charge in [0.1, 0.15) is 18.0 Å². The molecule has 0 fully saturated rings. The van der Waals surface area contributed by atoms with Gasteiger partial charge in [-0.15, -0.1) is 11.3 Å². The molecule has 5 aromatic rings. The average molecular weight is 463 g/mol. The van der Waals surface area contributed by atoms with E-state index in [0.29, 0.717) is 28.9 Å². The number of nitrogens with one attached hydrogen (secondary N) is 1. The van der Waals surface area contributed by atoms with E-state index in [0.717, 1.165) is 26.7 Å². The fraction of sp³-hybridized carbons (Fsp3) is 0.0435. The van der Waals surface area contributed by atoms with Gasteiger partial charge in [0, 0.05) is 5.69 Å². The van der Waals surface area contributed by atoms with E-state index in [-0.39, 0.29) is 5.02 Å². The van der Waals surface area contributed by atoms with Crippen molar-refractivity contribution in [3.63, 3.8) is 0 Å². The molecule has 0 saturated heterocycles. The lowest BCUT2D eigenvalue weighted by molar-refractivity contribution is 0.628. The molecule has 0 aliphatic heterocycles. The molecule has 32 heavy (non-hydrogen) atoms. The number of hydrogen-bond donors (Lipinski definition) is 2. The number of thiazole rings is 1. The van der Waals surface area contributed by atoms with Crippen molar-refractivity contribution in [3.8, 4) is 0 Å². The van der Waals surface area contributed by atoms with Gasteiger partial charge in [-0.3, -0.25) is 4.99 Å². The summed E-state index contributed by atoms with van der Waals surface area (Å²) in [5.41, 5.74) is 9.44. The zero-order valence-corrected chi connectivity index (χ0v) is 18.2. The number of aliphatic imine (C=N–C) groups is 1. The summed E-state index contributed by atoms with van der Waals surface area (Å²) in [6, 6.07) is 18.1. The highest BCUT2D eigenvalue weighted by molar-refractivity contribution is 7.21. The number of nitrogens with two attached hydrogens (primary N) is 1. The van der Waals surface area contributed by atoms with E-state index in [4.69, 9.17) is 17.3 Å². The second-order valence-electron chi connectivity index (χ2n) is 6.99. The Labute approximate surface area is 191 Å². The van der Waals surface area contributed by atoms with Gasteiger partial charge in [0.15, 0.2) is 10.8 Å². The Morgan fingerprint density at radius 3 is 2.69 bits per heavy atom. The predicted molar refractivity (Wildman–Crippen MR) is 128 cm³/mol. The molecule has 0 amide bonds. The molecule has 0 atom stereocenters. The number of rotatable bonds is 5. The van der Waals surface area contributed by atoms with Gasteiger partial charge in [-0.05, 0) is 35.9 Å². The number of benzene rings is 3. The highest BCUT2D eigenvalue weighted by Crippen LogP contribution is 2.34. The van der Waals surface area contributed by atoms with Gasteiger partial charge >= 0.3 is 0 Å². The molecule has 0 aliphatic rings. The normalized spacial score (nSPS) is 11.9. The van der Waals surface area contributed by atoms with Crippen LogP contribution in [0.5, 0.6) is 0 Å². The number of fused-ring (bicyclic) bond motifs is 3. The fourth-order valence-electron chi connectivity index (χ4n) is 3.27. The second kappa shape index (κ2) is 8.49. The Kier molecular flexibility index (Phi) is 5.38. The summed E-state index contributed by atoms with van der Waals surface area (Å²) in [5, 5.41) is 4.66. The quantitative estimate of drug-likeness (QED) is 0.259. The molecule has 158 valence electrons. The van der Waals surface area contributed by atoms with Gasteiger partial charge in [0.25, 0.3) is 0 Å². The Morgan fingerprint density at radius 2 is 1.88 bits per heavy atom. The minimum atomic E-state index is -0.482. The smallest absolute Gasteiger partial charge is 0.159 e. The third-order valence-corrected chi connectivity index (χ3v) is 6.23. The van der Waals surface area contributed by atoms with Crippen molar-refractivity contribution < 1.29 is 4.39 Å². The monoisotopic (exact) mass is 462 g/mol. The highest BCUT2D eigenvalue weighted by atomic mass is 35.5. The molecule has 2 aromatic heterocycles. The summed E-state index contributed by atoms with van der Waals surface area (Å²) in [4.78, 5) is 17.9. The first-order valence-corrected chi connectivity index (χ1v) is 10.9. The third-order valence-electron chi connectivity index (χ3n) is 4.83. The number of anilines is 2. The van der Waals surface area contributed by atoms with Crippen molar-refractivity contribution in [1.82, 2.24) is 15.0 Å². The molecule has 0 saturated carbocycles. The van der Waals surface area contributed by atoms with Crippen molar-refractivity contribution in [2.24, 2.45) is 10.7 Å². The van der Waals surface area contributed by atoms with Crippen molar-refractivity contribution in [3.05, 3.63) is 88.4 Å². The van der Waals surface area contributed by atoms with Gasteiger partial charge in [-0.1, -0.05) is 41.9 Å². The molecule has 3 N–H and O–H groups in total. The van der Waals surface area contributed by atoms with Crippen LogP contribution in [0, 0.1) is 5.82 Å². The standard InChI is InChI=1S/C23H16ClFN6S/c24-15-10-14(6-7-16(15)25)30-22-19-17(28-12-29-22)8-9-18-20(19)32-23(31-18)21(26)27-11-13-4-2-1-3-5-13/h1-10,12H,11H2,(H2,26,27)(H,28,29,30). The van der Waals surface area contributed by atoms with Gasteiger partial charge in [0.05, 0.1) is 32.7 Å². The number of aromatic nitrogens is 3. The summed E-state index contributed by atoms with van der Waals surface area (Å²) in [5.74, 6) is 0.461. The lowest BCUT2D eigenvalue weighted by Crippen LogP contribution is -2.13. The van der Waals surface area contributed by atoms with E-state index < -0.39 is 5.82 Å². The van der Waals surface area contributed by atoms with Crippen LogP contribution in [0.25, 0.3) is 21.1 Å². The molecule has 2 heterocycles. The SMILES string of the molecule is NC(=NCc1ccccc1)c1nc2ccc3ncnc(Nc4ccc(F)c(Cl)c4)c3c2s1. The van der Waals surface area contributed by atoms with Crippen LogP contribution < -0.4 is 11.1 Å². The van der Waals surface area contributed by atoms with Gasteiger partial charge in [0.2, 0.25) is 0 Å². The largest absolute Gasteiger partial charge is 0.381 e. The first-order chi connectivity index (χ1) is 15.6. The van der Waals surface area contributed by atoms with Crippen LogP contribution in [0.1, 0.15) is 10.6 Å². The van der Waals surface area contributed by atoms with Crippen molar-refractivity contribution in [2.45, 2.75) is 6.54 Å². The second-order valence-corrected chi connectivity index (χ2v) is 8.40. The van der Waals surface area contributed by atoms with Crippen LogP contribution in [0.3, 0.4) is 0 Å². The molecule has 0 radical (unpaired) electrons. The lowest BCUT2D eigenvalue weighted by Gasteiger charge is -2.09. The Hall–Kier alpha value is -3.62. The molecular formula is C23H16ClFN6S. The number of nitrogens with zero attached hydrogens (tertiary/aromatic N) is 4. The summed E-state index contributed by atoms with van der Waals surface area (Å²) >= 11 is 7.35. The zero-order chi connectivity index (χ0) is 22.1. The minimum absolute atomic E-state index is 0.0287. The van der Waals surface area contributed by atoms with Crippen molar-refractivity contribution in [1.29, 1.82) is 0 Å². The Bertz CT molecular complexity index is 1470. The van der Waals surface area contributed by atoms with E-state index >= 15 is 0 Å². The molecule has 0 aliphatic carbocycles.